The Morgan fingerprint density at radius 3 is 2.93 bits per heavy atom. The molecule has 0 saturated heterocycles. The van der Waals surface area contributed by atoms with Gasteiger partial charge in [-0.05, 0) is 46.3 Å². The number of rotatable bonds is 1. The van der Waals surface area contributed by atoms with Crippen molar-refractivity contribution < 1.29 is 0 Å². The predicted molar refractivity (Wildman–Crippen MR) is 65.4 cm³/mol. The highest BCUT2D eigenvalue weighted by atomic mass is 79.9. The van der Waals surface area contributed by atoms with E-state index >= 15 is 0 Å². The van der Waals surface area contributed by atoms with Crippen molar-refractivity contribution in [1.29, 1.82) is 0 Å². The van der Waals surface area contributed by atoms with Crippen molar-refractivity contribution in [2.24, 2.45) is 7.05 Å². The average molecular weight is 286 g/mol. The van der Waals surface area contributed by atoms with Crippen molar-refractivity contribution in [3.8, 4) is 0 Å². The third-order valence-corrected chi connectivity index (χ3v) is 4.34. The van der Waals surface area contributed by atoms with E-state index < -0.39 is 0 Å². The highest BCUT2D eigenvalue weighted by Crippen LogP contribution is 2.46. The van der Waals surface area contributed by atoms with E-state index in [1.807, 2.05) is 17.9 Å². The van der Waals surface area contributed by atoms with Crippen LogP contribution >= 0.6 is 27.5 Å². The van der Waals surface area contributed by atoms with Crippen molar-refractivity contribution in [3.63, 3.8) is 0 Å². The number of fused-ring (bicyclic) bond motifs is 1. The fourth-order valence-corrected chi connectivity index (χ4v) is 2.67. The summed E-state index contributed by atoms with van der Waals surface area (Å²) < 4.78 is 2.89. The van der Waals surface area contributed by atoms with Crippen LogP contribution in [0.3, 0.4) is 0 Å². The van der Waals surface area contributed by atoms with Crippen LogP contribution in [-0.4, -0.2) is 9.78 Å². The summed E-state index contributed by atoms with van der Waals surface area (Å²) in [6.45, 7) is 0. The third-order valence-electron chi connectivity index (χ3n) is 2.96. The maximum atomic E-state index is 6.19. The van der Waals surface area contributed by atoms with E-state index in [0.717, 1.165) is 14.9 Å². The summed E-state index contributed by atoms with van der Waals surface area (Å²) >= 11 is 9.70. The van der Waals surface area contributed by atoms with Gasteiger partial charge in [-0.3, -0.25) is 4.68 Å². The predicted octanol–water partition coefficient (Wildman–Crippen LogP) is 3.87. The molecule has 15 heavy (non-hydrogen) atoms. The molecule has 1 heterocycles. The highest BCUT2D eigenvalue weighted by Gasteiger charge is 2.28. The Morgan fingerprint density at radius 1 is 1.53 bits per heavy atom. The fourth-order valence-electron chi connectivity index (χ4n) is 2.04. The Labute approximate surface area is 101 Å². The average Bonchev–Trinajstić information content (AvgIpc) is 2.97. The molecule has 0 amide bonds. The first kappa shape index (κ1) is 9.67. The number of benzene rings is 1. The van der Waals surface area contributed by atoms with Gasteiger partial charge in [0, 0.05) is 16.9 Å². The molecular weight excluding hydrogens is 275 g/mol. The molecule has 1 aliphatic carbocycles. The van der Waals surface area contributed by atoms with Crippen LogP contribution < -0.4 is 0 Å². The van der Waals surface area contributed by atoms with Gasteiger partial charge in [-0.1, -0.05) is 11.6 Å². The maximum absolute atomic E-state index is 6.19. The second-order valence-corrected chi connectivity index (χ2v) is 5.27. The zero-order valence-electron chi connectivity index (χ0n) is 8.30. The van der Waals surface area contributed by atoms with E-state index in [1.165, 1.54) is 23.9 Å². The first-order valence-corrected chi connectivity index (χ1v) is 6.15. The van der Waals surface area contributed by atoms with Gasteiger partial charge in [-0.2, -0.15) is 5.10 Å². The standard InChI is InChI=1S/C11H10BrClN2/c1-15-11-7(6-2-3-6)4-9(13)10(12)8(11)5-14-15/h4-6H,2-3H2,1H3. The molecule has 2 aromatic rings. The topological polar surface area (TPSA) is 17.8 Å². The molecule has 1 aliphatic rings. The molecule has 0 spiro atoms. The van der Waals surface area contributed by atoms with Crippen molar-refractivity contribution >= 4 is 38.4 Å². The molecule has 1 fully saturated rings. The van der Waals surface area contributed by atoms with Gasteiger partial charge in [0.1, 0.15) is 0 Å². The molecule has 2 nitrogen and oxygen atoms in total. The summed E-state index contributed by atoms with van der Waals surface area (Å²) in [5, 5.41) is 6.20. The zero-order valence-corrected chi connectivity index (χ0v) is 10.6. The molecule has 0 aliphatic heterocycles. The Kier molecular flexibility index (Phi) is 2.08. The summed E-state index contributed by atoms with van der Waals surface area (Å²) in [7, 11) is 1.98. The molecule has 0 bridgehead atoms. The fraction of sp³-hybridized carbons (Fsp3) is 0.364. The van der Waals surface area contributed by atoms with Gasteiger partial charge in [-0.15, -0.1) is 0 Å². The molecular formula is C11H10BrClN2. The van der Waals surface area contributed by atoms with Crippen LogP contribution in [0.2, 0.25) is 5.02 Å². The zero-order chi connectivity index (χ0) is 10.6. The van der Waals surface area contributed by atoms with Crippen molar-refractivity contribution in [2.45, 2.75) is 18.8 Å². The summed E-state index contributed by atoms with van der Waals surface area (Å²) in [5.41, 5.74) is 2.56. The van der Waals surface area contributed by atoms with Crippen molar-refractivity contribution in [1.82, 2.24) is 9.78 Å². The van der Waals surface area contributed by atoms with E-state index in [2.05, 4.69) is 27.1 Å². The van der Waals surface area contributed by atoms with Gasteiger partial charge < -0.3 is 0 Å². The number of aryl methyl sites for hydroxylation is 1. The van der Waals surface area contributed by atoms with E-state index in [1.54, 1.807) is 0 Å². The number of hydrogen-bond acceptors (Lipinski definition) is 1. The summed E-state index contributed by atoms with van der Waals surface area (Å²) in [6, 6.07) is 2.08. The Balaban J connectivity index is 2.42. The normalized spacial score (nSPS) is 16.2. The second kappa shape index (κ2) is 3.22. The SMILES string of the molecule is Cn1ncc2c(Br)c(Cl)cc(C3CC3)c21. The number of aromatic nitrogens is 2. The second-order valence-electron chi connectivity index (χ2n) is 4.07. The van der Waals surface area contributed by atoms with Gasteiger partial charge in [0.2, 0.25) is 0 Å². The van der Waals surface area contributed by atoms with E-state index in [4.69, 9.17) is 11.6 Å². The maximum Gasteiger partial charge on any atom is 0.0726 e. The molecule has 0 atom stereocenters. The lowest BCUT2D eigenvalue weighted by molar-refractivity contribution is 0.791. The van der Waals surface area contributed by atoms with Crippen LogP contribution in [0.5, 0.6) is 0 Å². The minimum Gasteiger partial charge on any atom is -0.268 e. The summed E-state index contributed by atoms with van der Waals surface area (Å²) in [4.78, 5) is 0. The van der Waals surface area contributed by atoms with Crippen LogP contribution in [0.1, 0.15) is 24.3 Å². The lowest BCUT2D eigenvalue weighted by Crippen LogP contribution is -1.93. The number of nitrogens with zero attached hydrogens (tertiary/aromatic N) is 2. The summed E-state index contributed by atoms with van der Waals surface area (Å²) in [6.07, 6.45) is 4.42. The first-order chi connectivity index (χ1) is 7.18. The smallest absolute Gasteiger partial charge is 0.0726 e. The van der Waals surface area contributed by atoms with Gasteiger partial charge >= 0.3 is 0 Å². The molecule has 1 aromatic carbocycles. The Hall–Kier alpha value is -0.540. The van der Waals surface area contributed by atoms with E-state index in [-0.39, 0.29) is 0 Å². The van der Waals surface area contributed by atoms with Crippen LogP contribution in [0.25, 0.3) is 10.9 Å². The van der Waals surface area contributed by atoms with Gasteiger partial charge in [0.25, 0.3) is 0 Å². The van der Waals surface area contributed by atoms with Gasteiger partial charge in [0.05, 0.1) is 16.7 Å². The largest absolute Gasteiger partial charge is 0.268 e. The molecule has 4 heteroatoms. The highest BCUT2D eigenvalue weighted by molar-refractivity contribution is 9.10. The van der Waals surface area contributed by atoms with Crippen LogP contribution in [0.15, 0.2) is 16.7 Å². The van der Waals surface area contributed by atoms with Crippen LogP contribution in [0, 0.1) is 0 Å². The van der Waals surface area contributed by atoms with Gasteiger partial charge in [-0.25, -0.2) is 0 Å². The number of hydrogen-bond donors (Lipinski definition) is 0. The third kappa shape index (κ3) is 1.41. The molecule has 0 N–H and O–H groups in total. The Bertz CT molecular complexity index is 543. The molecule has 1 saturated carbocycles. The van der Waals surface area contributed by atoms with Crippen molar-refractivity contribution in [3.05, 3.63) is 27.3 Å². The first-order valence-electron chi connectivity index (χ1n) is 4.98. The minimum absolute atomic E-state index is 0.688. The summed E-state index contributed by atoms with van der Waals surface area (Å²) in [5.74, 6) is 0.688. The lowest BCUT2D eigenvalue weighted by Gasteiger charge is -2.06. The monoisotopic (exact) mass is 284 g/mol. The molecule has 0 radical (unpaired) electrons. The Morgan fingerprint density at radius 2 is 2.27 bits per heavy atom. The van der Waals surface area contributed by atoms with E-state index in [9.17, 15) is 0 Å². The molecule has 78 valence electrons. The van der Waals surface area contributed by atoms with Crippen LogP contribution in [0.4, 0.5) is 0 Å². The van der Waals surface area contributed by atoms with Crippen LogP contribution in [-0.2, 0) is 7.05 Å². The lowest BCUT2D eigenvalue weighted by atomic mass is 10.1. The molecule has 1 aromatic heterocycles. The molecule has 0 unspecified atom stereocenters. The quantitative estimate of drug-likeness (QED) is 0.778. The van der Waals surface area contributed by atoms with Gasteiger partial charge in [0.15, 0.2) is 0 Å². The van der Waals surface area contributed by atoms with E-state index in [0.29, 0.717) is 5.92 Å². The molecule has 3 rings (SSSR count). The van der Waals surface area contributed by atoms with Crippen molar-refractivity contribution in [2.75, 3.05) is 0 Å². The number of halogens is 2. The minimum atomic E-state index is 0.688.